The van der Waals surface area contributed by atoms with Gasteiger partial charge in [0.25, 0.3) is 0 Å². The molecule has 0 unspecified atom stereocenters. The third kappa shape index (κ3) is 2.76. The van der Waals surface area contributed by atoms with Gasteiger partial charge in [0.15, 0.2) is 5.65 Å². The Morgan fingerprint density at radius 3 is 3.21 bits per heavy atom. The minimum Gasteiger partial charge on any atom is -0.379 e. The smallest absolute Gasteiger partial charge is 0.349 e. The van der Waals surface area contributed by atoms with E-state index in [0.29, 0.717) is 30.4 Å². The van der Waals surface area contributed by atoms with Gasteiger partial charge in [-0.2, -0.15) is 5.10 Å². The molecule has 0 bridgehead atoms. The Kier molecular flexibility index (Phi) is 3.20. The number of hydrogen-bond donors (Lipinski definition) is 2. The highest BCUT2D eigenvalue weighted by molar-refractivity contribution is 5.49. The summed E-state index contributed by atoms with van der Waals surface area (Å²) in [7, 11) is 0. The van der Waals surface area contributed by atoms with Crippen LogP contribution in [0.25, 0.3) is 5.65 Å². The van der Waals surface area contributed by atoms with Gasteiger partial charge in [-0.3, -0.25) is 0 Å². The molecular weight excluding hydrogens is 246 g/mol. The van der Waals surface area contributed by atoms with Gasteiger partial charge in [-0.25, -0.2) is 19.3 Å². The van der Waals surface area contributed by atoms with Crippen molar-refractivity contribution < 1.29 is 4.74 Å². The van der Waals surface area contributed by atoms with Crippen molar-refractivity contribution in [3.8, 4) is 0 Å². The molecule has 0 aliphatic heterocycles. The second-order valence-corrected chi connectivity index (χ2v) is 4.86. The molecule has 0 radical (unpaired) electrons. The predicted molar refractivity (Wildman–Crippen MR) is 70.4 cm³/mol. The second-order valence-electron chi connectivity index (χ2n) is 4.86. The number of anilines is 1. The molecule has 0 aromatic carbocycles. The van der Waals surface area contributed by atoms with E-state index in [4.69, 9.17) is 4.74 Å². The van der Waals surface area contributed by atoms with Crippen molar-refractivity contribution >= 4 is 11.5 Å². The summed E-state index contributed by atoms with van der Waals surface area (Å²) in [5, 5.41) is 9.51. The van der Waals surface area contributed by atoms with Gasteiger partial charge in [0, 0.05) is 19.2 Å². The van der Waals surface area contributed by atoms with Crippen LogP contribution in [0.2, 0.25) is 0 Å². The molecule has 1 fully saturated rings. The van der Waals surface area contributed by atoms with Crippen LogP contribution in [0.15, 0.2) is 10.9 Å². The molecule has 2 N–H and O–H groups in total. The van der Waals surface area contributed by atoms with Crippen LogP contribution < -0.4 is 11.0 Å². The van der Waals surface area contributed by atoms with Crippen LogP contribution in [0.3, 0.4) is 0 Å². The van der Waals surface area contributed by atoms with E-state index in [0.717, 1.165) is 12.5 Å². The maximum Gasteiger partial charge on any atom is 0.349 e. The molecule has 2 heterocycles. The van der Waals surface area contributed by atoms with Crippen LogP contribution in [0.1, 0.15) is 18.7 Å². The molecule has 2 aromatic rings. The third-order valence-electron chi connectivity index (χ3n) is 3.17. The first kappa shape index (κ1) is 12.2. The number of H-pyrrole nitrogens is 1. The fraction of sp³-hybridized carbons (Fsp3) is 0.583. The van der Waals surface area contributed by atoms with Crippen molar-refractivity contribution in [1.82, 2.24) is 19.6 Å². The Labute approximate surface area is 110 Å². The van der Waals surface area contributed by atoms with Crippen LogP contribution in [0, 0.1) is 12.8 Å². The van der Waals surface area contributed by atoms with Gasteiger partial charge in [0.05, 0.1) is 6.61 Å². The zero-order valence-electron chi connectivity index (χ0n) is 10.8. The third-order valence-corrected chi connectivity index (χ3v) is 3.17. The van der Waals surface area contributed by atoms with E-state index < -0.39 is 0 Å². The molecule has 0 atom stereocenters. The maximum absolute atomic E-state index is 11.4. The highest BCUT2D eigenvalue weighted by Gasteiger charge is 2.20. The number of hydrogen-bond acceptors (Lipinski definition) is 5. The Bertz CT molecular complexity index is 629. The molecule has 0 saturated heterocycles. The zero-order valence-corrected chi connectivity index (χ0v) is 10.8. The predicted octanol–water partition coefficient (Wildman–Crippen LogP) is 0.565. The number of aromatic nitrogens is 4. The Morgan fingerprint density at radius 1 is 1.58 bits per heavy atom. The first-order valence-corrected chi connectivity index (χ1v) is 6.50. The van der Waals surface area contributed by atoms with Crippen LogP contribution in [0.4, 0.5) is 5.82 Å². The molecule has 1 aliphatic rings. The molecule has 0 amide bonds. The summed E-state index contributed by atoms with van der Waals surface area (Å²) in [5.74, 6) is 2.10. The summed E-state index contributed by atoms with van der Waals surface area (Å²) < 4.78 is 6.97. The lowest BCUT2D eigenvalue weighted by Crippen LogP contribution is -2.15. The highest BCUT2D eigenvalue weighted by Crippen LogP contribution is 2.28. The van der Waals surface area contributed by atoms with E-state index in [9.17, 15) is 4.79 Å². The zero-order chi connectivity index (χ0) is 13.2. The van der Waals surface area contributed by atoms with Crippen molar-refractivity contribution in [2.24, 2.45) is 5.92 Å². The van der Waals surface area contributed by atoms with Gasteiger partial charge in [0.1, 0.15) is 11.6 Å². The Hall–Kier alpha value is -1.89. The molecule has 19 heavy (non-hydrogen) atoms. The second kappa shape index (κ2) is 5.00. The largest absolute Gasteiger partial charge is 0.379 e. The number of ether oxygens (including phenoxy) is 1. The van der Waals surface area contributed by atoms with Gasteiger partial charge < -0.3 is 10.1 Å². The van der Waals surface area contributed by atoms with Crippen molar-refractivity contribution in [1.29, 1.82) is 0 Å². The van der Waals surface area contributed by atoms with Gasteiger partial charge in [-0.15, -0.1) is 0 Å². The Balaban J connectivity index is 1.59. The van der Waals surface area contributed by atoms with E-state index in [-0.39, 0.29) is 5.69 Å². The minimum absolute atomic E-state index is 0.265. The normalized spacial score (nSPS) is 15.0. The summed E-state index contributed by atoms with van der Waals surface area (Å²) in [4.78, 5) is 15.8. The summed E-state index contributed by atoms with van der Waals surface area (Å²) in [5.41, 5.74) is 0.304. The quantitative estimate of drug-likeness (QED) is 0.744. The lowest BCUT2D eigenvalue weighted by molar-refractivity contribution is 0.134. The number of aryl methyl sites for hydroxylation is 1. The van der Waals surface area contributed by atoms with Gasteiger partial charge >= 0.3 is 5.69 Å². The average molecular weight is 263 g/mol. The molecule has 1 aliphatic carbocycles. The van der Waals surface area contributed by atoms with Gasteiger partial charge in [0.2, 0.25) is 0 Å². The number of nitrogens with one attached hydrogen (secondary N) is 2. The lowest BCUT2D eigenvalue weighted by Gasteiger charge is -2.07. The highest BCUT2D eigenvalue weighted by atomic mass is 16.5. The molecule has 102 valence electrons. The van der Waals surface area contributed by atoms with Crippen molar-refractivity contribution in [2.75, 3.05) is 25.1 Å². The number of nitrogens with zero attached hydrogens (tertiary/aromatic N) is 3. The summed E-state index contributed by atoms with van der Waals surface area (Å²) in [6.45, 7) is 4.00. The average Bonchev–Trinajstić information content (AvgIpc) is 3.12. The topological polar surface area (TPSA) is 84.3 Å². The number of fused-ring (bicyclic) bond motifs is 1. The molecule has 3 rings (SSSR count). The van der Waals surface area contributed by atoms with E-state index in [1.807, 2.05) is 0 Å². The van der Waals surface area contributed by atoms with Crippen LogP contribution in [0.5, 0.6) is 0 Å². The van der Waals surface area contributed by atoms with Crippen molar-refractivity contribution in [3.63, 3.8) is 0 Å². The van der Waals surface area contributed by atoms with Crippen LogP contribution in [-0.4, -0.2) is 39.3 Å². The first-order chi connectivity index (χ1) is 9.24. The van der Waals surface area contributed by atoms with Crippen LogP contribution in [-0.2, 0) is 4.74 Å². The number of aromatic amines is 1. The molecule has 7 nitrogen and oxygen atoms in total. The molecule has 0 spiro atoms. The van der Waals surface area contributed by atoms with Gasteiger partial charge in [-0.05, 0) is 25.7 Å². The number of rotatable bonds is 6. The van der Waals surface area contributed by atoms with E-state index in [2.05, 4.69) is 20.5 Å². The standard InChI is InChI=1S/C12H17N5O2/c1-8-14-10(6-11-15-16-12(18)17(8)11)13-4-5-19-7-9-2-3-9/h6,9,13H,2-5,7H2,1H3,(H,16,18). The van der Waals surface area contributed by atoms with Crippen LogP contribution >= 0.6 is 0 Å². The van der Waals surface area contributed by atoms with Crippen molar-refractivity contribution in [2.45, 2.75) is 19.8 Å². The first-order valence-electron chi connectivity index (χ1n) is 6.50. The molecule has 1 saturated carbocycles. The summed E-state index contributed by atoms with van der Waals surface area (Å²) in [6.07, 6.45) is 2.61. The van der Waals surface area contributed by atoms with E-state index >= 15 is 0 Å². The minimum atomic E-state index is -0.265. The van der Waals surface area contributed by atoms with E-state index in [1.54, 1.807) is 13.0 Å². The molecular formula is C12H17N5O2. The lowest BCUT2D eigenvalue weighted by atomic mass is 10.4. The SMILES string of the molecule is Cc1nc(NCCOCC2CC2)cc2n[nH]c(=O)n12. The van der Waals surface area contributed by atoms with E-state index in [1.165, 1.54) is 17.2 Å². The fourth-order valence-corrected chi connectivity index (χ4v) is 1.97. The summed E-state index contributed by atoms with van der Waals surface area (Å²) >= 11 is 0. The van der Waals surface area contributed by atoms with Gasteiger partial charge in [-0.1, -0.05) is 0 Å². The molecule has 7 heteroatoms. The maximum atomic E-state index is 11.4. The Morgan fingerprint density at radius 2 is 2.42 bits per heavy atom. The summed E-state index contributed by atoms with van der Waals surface area (Å²) in [6, 6.07) is 1.74. The fourth-order valence-electron chi connectivity index (χ4n) is 1.97. The monoisotopic (exact) mass is 263 g/mol. The van der Waals surface area contributed by atoms with Crippen molar-refractivity contribution in [3.05, 3.63) is 22.4 Å². The molecule has 2 aromatic heterocycles.